The normalized spacial score (nSPS) is 14.8. The van der Waals surface area contributed by atoms with Crippen molar-refractivity contribution in [1.82, 2.24) is 10.2 Å². The van der Waals surface area contributed by atoms with Gasteiger partial charge >= 0.3 is 0 Å². The summed E-state index contributed by atoms with van der Waals surface area (Å²) in [6, 6.07) is 15.6. The number of likely N-dealkylation sites (tertiary alicyclic amines) is 1. The number of nitrogens with zero attached hydrogens (tertiary/aromatic N) is 1. The second-order valence-corrected chi connectivity index (χ2v) is 7.17. The Morgan fingerprint density at radius 2 is 1.59 bits per heavy atom. The van der Waals surface area contributed by atoms with E-state index in [1.807, 2.05) is 60.4 Å². The molecule has 5 heteroatoms. The average molecular weight is 365 g/mol. The van der Waals surface area contributed by atoms with E-state index in [9.17, 15) is 9.59 Å². The van der Waals surface area contributed by atoms with Gasteiger partial charge in [0.2, 0.25) is 5.91 Å². The molecule has 27 heavy (non-hydrogen) atoms. The summed E-state index contributed by atoms with van der Waals surface area (Å²) >= 11 is 0. The van der Waals surface area contributed by atoms with Crippen LogP contribution in [0.2, 0.25) is 0 Å². The number of amides is 2. The van der Waals surface area contributed by atoms with E-state index < -0.39 is 0 Å². The van der Waals surface area contributed by atoms with Gasteiger partial charge in [-0.2, -0.15) is 0 Å². The van der Waals surface area contributed by atoms with Crippen molar-refractivity contribution in [3.05, 3.63) is 70.8 Å². The fraction of sp³-hybridized carbons (Fsp3) is 0.364. The molecular weight excluding hydrogens is 338 g/mol. The van der Waals surface area contributed by atoms with Crippen LogP contribution in [0, 0.1) is 12.8 Å². The molecule has 2 aromatic carbocycles. The Hall–Kier alpha value is -2.66. The van der Waals surface area contributed by atoms with Crippen LogP contribution in [0.25, 0.3) is 0 Å². The monoisotopic (exact) mass is 365 g/mol. The highest BCUT2D eigenvalue weighted by molar-refractivity contribution is 5.94. The predicted molar refractivity (Wildman–Crippen MR) is 106 cm³/mol. The van der Waals surface area contributed by atoms with Crippen molar-refractivity contribution >= 4 is 11.8 Å². The summed E-state index contributed by atoms with van der Waals surface area (Å²) in [4.78, 5) is 26.9. The van der Waals surface area contributed by atoms with Crippen molar-refractivity contribution in [1.29, 1.82) is 0 Å². The molecule has 3 N–H and O–H groups in total. The van der Waals surface area contributed by atoms with E-state index in [0.29, 0.717) is 44.6 Å². The molecule has 0 radical (unpaired) electrons. The first-order chi connectivity index (χ1) is 13.1. The quantitative estimate of drug-likeness (QED) is 0.855. The van der Waals surface area contributed by atoms with E-state index in [-0.39, 0.29) is 17.7 Å². The molecule has 1 fully saturated rings. The first-order valence-corrected chi connectivity index (χ1v) is 9.48. The Morgan fingerprint density at radius 3 is 2.19 bits per heavy atom. The van der Waals surface area contributed by atoms with Gasteiger partial charge in [-0.05, 0) is 43.0 Å². The summed E-state index contributed by atoms with van der Waals surface area (Å²) in [7, 11) is 0. The number of nitrogens with one attached hydrogen (secondary N) is 1. The standard InChI is InChI=1S/C22H27N3O2/c1-16-2-4-18(5-3-16)15-24-21(26)19-10-12-25(13-11-19)22(27)20-8-6-17(14-23)7-9-20/h2-9,19H,10-15,23H2,1H3,(H,24,26). The van der Waals surface area contributed by atoms with Crippen LogP contribution >= 0.6 is 0 Å². The maximum atomic E-state index is 12.6. The minimum absolute atomic E-state index is 0.0251. The number of nitrogens with two attached hydrogens (primary N) is 1. The fourth-order valence-corrected chi connectivity index (χ4v) is 3.35. The molecule has 1 aliphatic heterocycles. The summed E-state index contributed by atoms with van der Waals surface area (Å²) in [6.07, 6.45) is 1.40. The van der Waals surface area contributed by atoms with Gasteiger partial charge in [-0.25, -0.2) is 0 Å². The molecule has 0 aliphatic carbocycles. The molecule has 0 bridgehead atoms. The van der Waals surface area contributed by atoms with Crippen molar-refractivity contribution in [2.24, 2.45) is 11.7 Å². The lowest BCUT2D eigenvalue weighted by molar-refractivity contribution is -0.126. The van der Waals surface area contributed by atoms with Crippen LogP contribution in [0.1, 0.15) is 39.9 Å². The molecule has 3 rings (SSSR count). The van der Waals surface area contributed by atoms with E-state index in [1.54, 1.807) is 0 Å². The smallest absolute Gasteiger partial charge is 0.253 e. The van der Waals surface area contributed by atoms with Gasteiger partial charge in [0.1, 0.15) is 0 Å². The lowest BCUT2D eigenvalue weighted by Gasteiger charge is -2.31. The molecule has 0 unspecified atom stereocenters. The van der Waals surface area contributed by atoms with Crippen molar-refractivity contribution in [3.8, 4) is 0 Å². The van der Waals surface area contributed by atoms with Crippen LogP contribution in [0.4, 0.5) is 0 Å². The van der Waals surface area contributed by atoms with Crippen LogP contribution in [0.5, 0.6) is 0 Å². The van der Waals surface area contributed by atoms with E-state index in [1.165, 1.54) is 5.56 Å². The van der Waals surface area contributed by atoms with E-state index in [4.69, 9.17) is 5.73 Å². The molecule has 0 saturated carbocycles. The Bertz CT molecular complexity index is 776. The third kappa shape index (κ3) is 4.95. The van der Waals surface area contributed by atoms with Crippen LogP contribution < -0.4 is 11.1 Å². The van der Waals surface area contributed by atoms with Gasteiger partial charge in [-0.15, -0.1) is 0 Å². The third-order valence-electron chi connectivity index (χ3n) is 5.18. The first-order valence-electron chi connectivity index (χ1n) is 9.48. The maximum Gasteiger partial charge on any atom is 0.253 e. The summed E-state index contributed by atoms with van der Waals surface area (Å²) in [5.41, 5.74) is 9.59. The molecule has 0 aromatic heterocycles. The molecule has 0 spiro atoms. The first kappa shape index (κ1) is 19.1. The number of rotatable bonds is 5. The van der Waals surface area contributed by atoms with E-state index in [2.05, 4.69) is 5.32 Å². The van der Waals surface area contributed by atoms with Crippen molar-refractivity contribution < 1.29 is 9.59 Å². The number of hydrogen-bond donors (Lipinski definition) is 2. The molecule has 1 aliphatic rings. The van der Waals surface area contributed by atoms with Crippen molar-refractivity contribution in [2.45, 2.75) is 32.9 Å². The van der Waals surface area contributed by atoms with Crippen molar-refractivity contribution in [3.63, 3.8) is 0 Å². The third-order valence-corrected chi connectivity index (χ3v) is 5.18. The van der Waals surface area contributed by atoms with Gasteiger partial charge in [-0.1, -0.05) is 42.0 Å². The van der Waals surface area contributed by atoms with E-state index >= 15 is 0 Å². The number of hydrogen-bond acceptors (Lipinski definition) is 3. The topological polar surface area (TPSA) is 75.4 Å². The van der Waals surface area contributed by atoms with Crippen LogP contribution in [-0.4, -0.2) is 29.8 Å². The van der Waals surface area contributed by atoms with Gasteiger partial charge in [0.05, 0.1) is 0 Å². The Balaban J connectivity index is 1.48. The zero-order chi connectivity index (χ0) is 19.2. The van der Waals surface area contributed by atoms with Gasteiger partial charge < -0.3 is 16.0 Å². The van der Waals surface area contributed by atoms with Gasteiger partial charge in [0, 0.05) is 37.7 Å². The summed E-state index contributed by atoms with van der Waals surface area (Å²) in [5, 5.41) is 3.02. The Labute approximate surface area is 160 Å². The van der Waals surface area contributed by atoms with Crippen LogP contribution in [0.15, 0.2) is 48.5 Å². The van der Waals surface area contributed by atoms with Gasteiger partial charge in [-0.3, -0.25) is 9.59 Å². The predicted octanol–water partition coefficient (Wildman–Crippen LogP) is 2.62. The summed E-state index contributed by atoms with van der Waals surface area (Å²) < 4.78 is 0. The lowest BCUT2D eigenvalue weighted by atomic mass is 9.95. The Morgan fingerprint density at radius 1 is 1.00 bits per heavy atom. The second kappa shape index (κ2) is 8.82. The maximum absolute atomic E-state index is 12.6. The highest BCUT2D eigenvalue weighted by atomic mass is 16.2. The molecular formula is C22H27N3O2. The molecule has 2 amide bonds. The summed E-state index contributed by atoms with van der Waals surface area (Å²) in [6.45, 7) is 4.29. The van der Waals surface area contributed by atoms with Gasteiger partial charge in [0.25, 0.3) is 5.91 Å². The highest BCUT2D eigenvalue weighted by Crippen LogP contribution is 2.20. The molecule has 2 aromatic rings. The van der Waals surface area contributed by atoms with Crippen LogP contribution in [-0.2, 0) is 17.9 Å². The van der Waals surface area contributed by atoms with Crippen molar-refractivity contribution in [2.75, 3.05) is 13.1 Å². The SMILES string of the molecule is Cc1ccc(CNC(=O)C2CCN(C(=O)c3ccc(CN)cc3)CC2)cc1. The second-order valence-electron chi connectivity index (χ2n) is 7.17. The number of carbonyl (C=O) groups is 2. The highest BCUT2D eigenvalue weighted by Gasteiger charge is 2.27. The largest absolute Gasteiger partial charge is 0.352 e. The van der Waals surface area contributed by atoms with Gasteiger partial charge in [0.15, 0.2) is 0 Å². The number of carbonyl (C=O) groups excluding carboxylic acids is 2. The number of aryl methyl sites for hydroxylation is 1. The molecule has 142 valence electrons. The zero-order valence-corrected chi connectivity index (χ0v) is 15.8. The average Bonchev–Trinajstić information content (AvgIpc) is 2.73. The number of benzene rings is 2. The zero-order valence-electron chi connectivity index (χ0n) is 15.8. The summed E-state index contributed by atoms with van der Waals surface area (Å²) in [5.74, 6) is 0.0752. The molecule has 0 atom stereocenters. The molecule has 1 heterocycles. The fourth-order valence-electron chi connectivity index (χ4n) is 3.35. The minimum atomic E-state index is -0.0286. The van der Waals surface area contributed by atoms with E-state index in [0.717, 1.165) is 11.1 Å². The lowest BCUT2D eigenvalue weighted by Crippen LogP contribution is -2.42. The molecule has 5 nitrogen and oxygen atoms in total. The molecule has 1 saturated heterocycles. The number of piperidine rings is 1. The minimum Gasteiger partial charge on any atom is -0.352 e. The Kier molecular flexibility index (Phi) is 6.24. The van der Waals surface area contributed by atoms with Crippen LogP contribution in [0.3, 0.4) is 0 Å².